The predicted octanol–water partition coefficient (Wildman–Crippen LogP) is 4.42. The van der Waals surface area contributed by atoms with Crippen LogP contribution in [0.3, 0.4) is 0 Å². The van der Waals surface area contributed by atoms with E-state index in [1.807, 2.05) is 30.3 Å². The fourth-order valence-corrected chi connectivity index (χ4v) is 2.67. The minimum Gasteiger partial charge on any atom is -0.294 e. The molecule has 0 unspecified atom stereocenters. The number of fused-ring (bicyclic) bond motifs is 1. The summed E-state index contributed by atoms with van der Waals surface area (Å²) in [4.78, 5) is 12.0. The van der Waals surface area contributed by atoms with E-state index in [0.717, 1.165) is 17.7 Å². The van der Waals surface area contributed by atoms with E-state index < -0.39 is 11.7 Å². The highest BCUT2D eigenvalue weighted by Gasteiger charge is 2.35. The van der Waals surface area contributed by atoms with Gasteiger partial charge in [-0.25, -0.2) is 0 Å². The van der Waals surface area contributed by atoms with Crippen LogP contribution in [0.2, 0.25) is 0 Å². The van der Waals surface area contributed by atoms with Crippen LogP contribution in [0.15, 0.2) is 48.5 Å². The molecule has 1 aliphatic rings. The molecule has 0 aliphatic heterocycles. The third kappa shape index (κ3) is 2.11. The molecule has 20 heavy (non-hydrogen) atoms. The van der Waals surface area contributed by atoms with Crippen LogP contribution in [0.25, 0.3) is 0 Å². The van der Waals surface area contributed by atoms with Gasteiger partial charge < -0.3 is 0 Å². The average molecular weight is 276 g/mol. The lowest BCUT2D eigenvalue weighted by Crippen LogP contribution is -2.06. The number of halogens is 3. The molecule has 0 heterocycles. The summed E-state index contributed by atoms with van der Waals surface area (Å²) in [5.41, 5.74) is 1.08. The molecule has 4 heteroatoms. The zero-order chi connectivity index (χ0) is 14.3. The van der Waals surface area contributed by atoms with E-state index in [1.165, 1.54) is 6.07 Å². The van der Waals surface area contributed by atoms with Gasteiger partial charge in [-0.15, -0.1) is 0 Å². The van der Waals surface area contributed by atoms with Gasteiger partial charge >= 0.3 is 6.18 Å². The smallest absolute Gasteiger partial charge is 0.294 e. The first-order chi connectivity index (χ1) is 9.47. The van der Waals surface area contributed by atoms with E-state index in [0.29, 0.717) is 5.56 Å². The Bertz CT molecular complexity index is 659. The first-order valence-corrected chi connectivity index (χ1v) is 6.26. The zero-order valence-electron chi connectivity index (χ0n) is 10.4. The summed E-state index contributed by atoms with van der Waals surface area (Å²) in [6.45, 7) is 0. The van der Waals surface area contributed by atoms with Crippen molar-refractivity contribution in [2.75, 3.05) is 0 Å². The standard InChI is InChI=1S/C16H11F3O/c17-16(18,19)11-6-7-12-13(9-15(20)14(12)8-11)10-4-2-1-3-5-10/h1-8,13H,9H2/t13-/m1/s1. The highest BCUT2D eigenvalue weighted by molar-refractivity contribution is 6.02. The first-order valence-electron chi connectivity index (χ1n) is 6.26. The van der Waals surface area contributed by atoms with E-state index in [1.54, 1.807) is 0 Å². The second-order valence-electron chi connectivity index (χ2n) is 4.89. The second kappa shape index (κ2) is 4.47. The number of benzene rings is 2. The van der Waals surface area contributed by atoms with Crippen LogP contribution >= 0.6 is 0 Å². The van der Waals surface area contributed by atoms with Gasteiger partial charge in [0.1, 0.15) is 0 Å². The van der Waals surface area contributed by atoms with Crippen molar-refractivity contribution in [1.82, 2.24) is 0 Å². The molecule has 1 aliphatic carbocycles. The van der Waals surface area contributed by atoms with Gasteiger partial charge in [-0.2, -0.15) is 13.2 Å². The Morgan fingerprint density at radius 2 is 1.70 bits per heavy atom. The van der Waals surface area contributed by atoms with Crippen LogP contribution in [0.1, 0.15) is 39.4 Å². The van der Waals surface area contributed by atoms with E-state index in [9.17, 15) is 18.0 Å². The van der Waals surface area contributed by atoms with Crippen molar-refractivity contribution in [2.45, 2.75) is 18.5 Å². The maximum atomic E-state index is 12.7. The third-order valence-electron chi connectivity index (χ3n) is 3.65. The Morgan fingerprint density at radius 3 is 2.35 bits per heavy atom. The maximum Gasteiger partial charge on any atom is 0.416 e. The first kappa shape index (κ1) is 12.9. The molecule has 2 aromatic carbocycles. The summed E-state index contributed by atoms with van der Waals surface area (Å²) in [6, 6.07) is 12.8. The fourth-order valence-electron chi connectivity index (χ4n) is 2.67. The van der Waals surface area contributed by atoms with Gasteiger partial charge in [0, 0.05) is 17.9 Å². The Hall–Kier alpha value is -2.10. The predicted molar refractivity (Wildman–Crippen MR) is 68.7 cm³/mol. The van der Waals surface area contributed by atoms with Crippen LogP contribution < -0.4 is 0 Å². The lowest BCUT2D eigenvalue weighted by molar-refractivity contribution is -0.137. The summed E-state index contributed by atoms with van der Waals surface area (Å²) in [7, 11) is 0. The van der Waals surface area contributed by atoms with Gasteiger partial charge in [-0.1, -0.05) is 36.4 Å². The number of hydrogen-bond acceptors (Lipinski definition) is 1. The van der Waals surface area contributed by atoms with Crippen molar-refractivity contribution in [1.29, 1.82) is 0 Å². The number of rotatable bonds is 1. The lowest BCUT2D eigenvalue weighted by atomic mass is 9.92. The monoisotopic (exact) mass is 276 g/mol. The molecule has 0 fully saturated rings. The highest BCUT2D eigenvalue weighted by atomic mass is 19.4. The molecule has 1 nitrogen and oxygen atoms in total. The molecule has 0 saturated carbocycles. The number of ketones is 1. The van der Waals surface area contributed by atoms with E-state index >= 15 is 0 Å². The van der Waals surface area contributed by atoms with E-state index in [2.05, 4.69) is 0 Å². The number of alkyl halides is 3. The summed E-state index contributed by atoms with van der Waals surface area (Å²) in [5.74, 6) is -0.360. The van der Waals surface area contributed by atoms with Crippen molar-refractivity contribution in [3.63, 3.8) is 0 Å². The van der Waals surface area contributed by atoms with Gasteiger partial charge in [0.05, 0.1) is 5.56 Å². The quantitative estimate of drug-likeness (QED) is 0.753. The Labute approximate surface area is 114 Å². The number of Topliss-reactive ketones (excluding diaryl/α,β-unsaturated/α-hetero) is 1. The maximum absolute atomic E-state index is 12.7. The van der Waals surface area contributed by atoms with Crippen LogP contribution in [-0.4, -0.2) is 5.78 Å². The molecule has 1 atom stereocenters. The number of hydrogen-bond donors (Lipinski definition) is 0. The van der Waals surface area contributed by atoms with Gasteiger partial charge in [0.15, 0.2) is 5.78 Å². The van der Waals surface area contributed by atoms with E-state index in [-0.39, 0.29) is 23.7 Å². The molecule has 0 radical (unpaired) electrons. The molecule has 2 aromatic rings. The van der Waals surface area contributed by atoms with Crippen LogP contribution in [-0.2, 0) is 6.18 Å². The minimum absolute atomic E-state index is 0.138. The molecule has 3 rings (SSSR count). The average Bonchev–Trinajstić information content (AvgIpc) is 2.76. The molecule has 102 valence electrons. The van der Waals surface area contributed by atoms with Crippen molar-refractivity contribution < 1.29 is 18.0 Å². The normalized spacial score (nSPS) is 18.1. The van der Waals surface area contributed by atoms with Crippen molar-refractivity contribution in [3.05, 3.63) is 70.8 Å². The topological polar surface area (TPSA) is 17.1 Å². The lowest BCUT2D eigenvalue weighted by Gasteiger charge is -2.12. The molecule has 0 spiro atoms. The van der Waals surface area contributed by atoms with Gasteiger partial charge in [0.2, 0.25) is 0 Å². The fraction of sp³-hybridized carbons (Fsp3) is 0.188. The van der Waals surface area contributed by atoms with Crippen molar-refractivity contribution in [3.8, 4) is 0 Å². The van der Waals surface area contributed by atoms with Crippen LogP contribution in [0.4, 0.5) is 13.2 Å². The largest absolute Gasteiger partial charge is 0.416 e. The summed E-state index contributed by atoms with van der Waals surface area (Å²) >= 11 is 0. The molecule has 0 amide bonds. The Balaban J connectivity index is 2.07. The second-order valence-corrected chi connectivity index (χ2v) is 4.89. The SMILES string of the molecule is O=C1C[C@H](c2ccccc2)c2ccc(C(F)(F)F)cc21. The highest BCUT2D eigenvalue weighted by Crippen LogP contribution is 2.40. The Morgan fingerprint density at radius 1 is 1.00 bits per heavy atom. The zero-order valence-corrected chi connectivity index (χ0v) is 10.4. The Kier molecular flexibility index (Phi) is 2.89. The summed E-state index contributed by atoms with van der Waals surface area (Å²) in [5, 5.41) is 0. The van der Waals surface area contributed by atoms with Crippen LogP contribution in [0, 0.1) is 0 Å². The third-order valence-corrected chi connectivity index (χ3v) is 3.65. The molecule has 0 saturated heterocycles. The van der Waals surface area contributed by atoms with Gasteiger partial charge in [-0.3, -0.25) is 4.79 Å². The van der Waals surface area contributed by atoms with E-state index in [4.69, 9.17) is 0 Å². The van der Waals surface area contributed by atoms with Gasteiger partial charge in [0.25, 0.3) is 0 Å². The molecule has 0 aromatic heterocycles. The molecular weight excluding hydrogens is 265 g/mol. The van der Waals surface area contributed by atoms with Crippen LogP contribution in [0.5, 0.6) is 0 Å². The number of carbonyl (C=O) groups excluding carboxylic acids is 1. The van der Waals surface area contributed by atoms with Gasteiger partial charge in [-0.05, 0) is 23.3 Å². The number of carbonyl (C=O) groups is 1. The molecule has 0 N–H and O–H groups in total. The summed E-state index contributed by atoms with van der Waals surface area (Å²) in [6.07, 6.45) is -4.18. The van der Waals surface area contributed by atoms with Crippen molar-refractivity contribution >= 4 is 5.78 Å². The van der Waals surface area contributed by atoms with Crippen molar-refractivity contribution in [2.24, 2.45) is 0 Å². The minimum atomic E-state index is -4.42. The summed E-state index contributed by atoms with van der Waals surface area (Å²) < 4.78 is 38.1. The molecular formula is C16H11F3O. The molecule has 0 bridgehead atoms.